The molecule has 4 heteroatoms. The Kier molecular flexibility index (Phi) is 3.52. The predicted molar refractivity (Wildman–Crippen MR) is 124 cm³/mol. The molecule has 1 aromatic heterocycles. The molecule has 6 rings (SSSR count). The average molecular weight is 394 g/mol. The monoisotopic (exact) mass is 394 g/mol. The van der Waals surface area contributed by atoms with E-state index in [4.69, 9.17) is 13.7 Å². The number of para-hydroxylation sites is 1. The molecule has 0 radical (unpaired) electrons. The van der Waals surface area contributed by atoms with Crippen molar-refractivity contribution in [1.29, 1.82) is 0 Å². The van der Waals surface area contributed by atoms with Crippen LogP contribution in [0.5, 0.6) is 0 Å². The average Bonchev–Trinajstić information content (AvgIpc) is 3.21. The summed E-state index contributed by atoms with van der Waals surface area (Å²) in [5.74, 6) is 0. The summed E-state index contributed by atoms with van der Waals surface area (Å²) in [6.07, 6.45) is 0. The molecule has 3 nitrogen and oxygen atoms in total. The third-order valence-electron chi connectivity index (χ3n) is 6.91. The molecule has 0 N–H and O–H groups in total. The first-order valence-electron chi connectivity index (χ1n) is 10.5. The van der Waals surface area contributed by atoms with E-state index in [-0.39, 0.29) is 0 Å². The lowest BCUT2D eigenvalue weighted by molar-refractivity contribution is 0.00578. The van der Waals surface area contributed by atoms with Crippen molar-refractivity contribution in [2.24, 2.45) is 0 Å². The molecule has 0 amide bonds. The van der Waals surface area contributed by atoms with E-state index in [1.807, 2.05) is 6.07 Å². The van der Waals surface area contributed by atoms with E-state index >= 15 is 0 Å². The van der Waals surface area contributed by atoms with Gasteiger partial charge in [-0.1, -0.05) is 60.7 Å². The maximum atomic E-state index is 6.43. The summed E-state index contributed by atoms with van der Waals surface area (Å²) in [7, 11) is -0.456. The lowest BCUT2D eigenvalue weighted by Gasteiger charge is -2.32. The molecule has 0 spiro atoms. The van der Waals surface area contributed by atoms with Crippen LogP contribution in [0.1, 0.15) is 27.7 Å². The van der Waals surface area contributed by atoms with Crippen molar-refractivity contribution in [2.75, 3.05) is 0 Å². The first-order chi connectivity index (χ1) is 14.4. The van der Waals surface area contributed by atoms with Gasteiger partial charge in [-0.2, -0.15) is 0 Å². The predicted octanol–water partition coefficient (Wildman–Crippen LogP) is 6.19. The quantitative estimate of drug-likeness (QED) is 0.251. The van der Waals surface area contributed by atoms with E-state index in [0.717, 1.165) is 27.4 Å². The molecule has 0 bridgehead atoms. The van der Waals surface area contributed by atoms with Crippen molar-refractivity contribution < 1.29 is 13.7 Å². The minimum Gasteiger partial charge on any atom is -0.456 e. The lowest BCUT2D eigenvalue weighted by Crippen LogP contribution is -2.41. The summed E-state index contributed by atoms with van der Waals surface area (Å²) < 4.78 is 19.1. The van der Waals surface area contributed by atoms with Gasteiger partial charge in [0.1, 0.15) is 11.2 Å². The molecule has 0 aliphatic carbocycles. The van der Waals surface area contributed by atoms with Crippen LogP contribution in [0.3, 0.4) is 0 Å². The molecule has 1 aliphatic rings. The van der Waals surface area contributed by atoms with E-state index in [2.05, 4.69) is 88.4 Å². The molecule has 0 atom stereocenters. The number of rotatable bonds is 1. The van der Waals surface area contributed by atoms with Crippen LogP contribution in [-0.2, 0) is 9.31 Å². The molecule has 1 saturated heterocycles. The van der Waals surface area contributed by atoms with Gasteiger partial charge < -0.3 is 13.7 Å². The van der Waals surface area contributed by atoms with Gasteiger partial charge in [0, 0.05) is 21.6 Å². The van der Waals surface area contributed by atoms with Gasteiger partial charge in [0.2, 0.25) is 0 Å². The van der Waals surface area contributed by atoms with Gasteiger partial charge >= 0.3 is 7.12 Å². The topological polar surface area (TPSA) is 31.6 Å². The van der Waals surface area contributed by atoms with Crippen LogP contribution in [-0.4, -0.2) is 18.3 Å². The minimum atomic E-state index is -0.456. The largest absolute Gasteiger partial charge is 0.498 e. The summed E-state index contributed by atoms with van der Waals surface area (Å²) in [4.78, 5) is 0. The summed E-state index contributed by atoms with van der Waals surface area (Å²) in [6, 6.07) is 23.4. The zero-order valence-corrected chi connectivity index (χ0v) is 17.7. The Morgan fingerprint density at radius 1 is 0.633 bits per heavy atom. The van der Waals surface area contributed by atoms with E-state index in [0.29, 0.717) is 0 Å². The summed E-state index contributed by atoms with van der Waals surface area (Å²) in [5.41, 5.74) is 1.88. The molecule has 0 unspecified atom stereocenters. The van der Waals surface area contributed by atoms with Crippen LogP contribution < -0.4 is 5.46 Å². The summed E-state index contributed by atoms with van der Waals surface area (Å²) in [6.45, 7) is 8.30. The van der Waals surface area contributed by atoms with Crippen LogP contribution in [0.4, 0.5) is 0 Å². The molecule has 4 aromatic carbocycles. The molecule has 0 saturated carbocycles. The third kappa shape index (κ3) is 2.35. The second-order valence-corrected chi connectivity index (χ2v) is 9.24. The summed E-state index contributed by atoms with van der Waals surface area (Å²) in [5, 5.41) is 7.16. The molecule has 30 heavy (non-hydrogen) atoms. The van der Waals surface area contributed by atoms with Crippen molar-refractivity contribution >= 4 is 56.1 Å². The van der Waals surface area contributed by atoms with Gasteiger partial charge in [0.05, 0.1) is 11.2 Å². The fourth-order valence-corrected chi connectivity index (χ4v) is 4.56. The Labute approximate surface area is 175 Å². The highest BCUT2D eigenvalue weighted by atomic mass is 16.7. The van der Waals surface area contributed by atoms with E-state index < -0.39 is 18.3 Å². The minimum absolute atomic E-state index is 0.394. The molecular weight excluding hydrogens is 371 g/mol. The van der Waals surface area contributed by atoms with Gasteiger partial charge in [-0.05, 0) is 49.9 Å². The van der Waals surface area contributed by atoms with Gasteiger partial charge in [-0.15, -0.1) is 0 Å². The smallest absolute Gasteiger partial charge is 0.456 e. The van der Waals surface area contributed by atoms with Crippen LogP contribution in [0, 0.1) is 0 Å². The molecule has 1 fully saturated rings. The molecular formula is C26H23BO3. The first kappa shape index (κ1) is 18.0. The zero-order chi connectivity index (χ0) is 20.7. The van der Waals surface area contributed by atoms with E-state index in [1.54, 1.807) is 0 Å². The van der Waals surface area contributed by atoms with Crippen molar-refractivity contribution in [1.82, 2.24) is 0 Å². The first-order valence-corrected chi connectivity index (χ1v) is 10.5. The summed E-state index contributed by atoms with van der Waals surface area (Å²) >= 11 is 0. The van der Waals surface area contributed by atoms with Crippen LogP contribution in [0.25, 0.3) is 43.5 Å². The highest BCUT2D eigenvalue weighted by molar-refractivity contribution is 6.65. The van der Waals surface area contributed by atoms with Crippen molar-refractivity contribution in [3.63, 3.8) is 0 Å². The maximum absolute atomic E-state index is 6.43. The van der Waals surface area contributed by atoms with Crippen molar-refractivity contribution in [3.8, 4) is 0 Å². The third-order valence-corrected chi connectivity index (χ3v) is 6.91. The second kappa shape index (κ2) is 5.87. The SMILES string of the molecule is CC1(C)OB(c2cccc3c2oc2ccc4ccc5ccccc5c4c23)OC1(C)C. The van der Waals surface area contributed by atoms with Crippen molar-refractivity contribution in [2.45, 2.75) is 38.9 Å². The second-order valence-electron chi connectivity index (χ2n) is 9.24. The van der Waals surface area contributed by atoms with Gasteiger partial charge in [-0.3, -0.25) is 0 Å². The zero-order valence-electron chi connectivity index (χ0n) is 17.7. The van der Waals surface area contributed by atoms with E-state index in [1.165, 1.54) is 21.5 Å². The van der Waals surface area contributed by atoms with Gasteiger partial charge in [-0.25, -0.2) is 0 Å². The standard InChI is InChI=1S/C26H23BO3/c1-25(2)26(3,4)30-27(29-25)20-11-7-10-19-23-21(28-24(19)20)15-14-17-13-12-16-8-5-6-9-18(16)22(17)23/h5-15H,1-4H3. The van der Waals surface area contributed by atoms with Crippen LogP contribution in [0.15, 0.2) is 71.1 Å². The Morgan fingerprint density at radius 3 is 2.10 bits per heavy atom. The number of hydrogen-bond donors (Lipinski definition) is 0. The Bertz CT molecular complexity index is 1450. The number of fused-ring (bicyclic) bond motifs is 7. The highest BCUT2D eigenvalue weighted by Crippen LogP contribution is 2.40. The van der Waals surface area contributed by atoms with Crippen molar-refractivity contribution in [3.05, 3.63) is 66.7 Å². The fraction of sp³-hybridized carbons (Fsp3) is 0.231. The lowest BCUT2D eigenvalue weighted by atomic mass is 9.78. The van der Waals surface area contributed by atoms with Gasteiger partial charge in [0.25, 0.3) is 0 Å². The Morgan fingerprint density at radius 2 is 1.30 bits per heavy atom. The number of benzene rings is 4. The van der Waals surface area contributed by atoms with Crippen LogP contribution in [0.2, 0.25) is 0 Å². The number of furan rings is 1. The Balaban J connectivity index is 1.68. The molecule has 148 valence electrons. The molecule has 2 heterocycles. The fourth-order valence-electron chi connectivity index (χ4n) is 4.56. The van der Waals surface area contributed by atoms with Gasteiger partial charge in [0.15, 0.2) is 0 Å². The molecule has 1 aliphatic heterocycles. The highest BCUT2D eigenvalue weighted by Gasteiger charge is 2.52. The Hall–Kier alpha value is -2.82. The van der Waals surface area contributed by atoms with E-state index in [9.17, 15) is 0 Å². The normalized spacial score (nSPS) is 18.2. The van der Waals surface area contributed by atoms with Crippen LogP contribution >= 0.6 is 0 Å². The maximum Gasteiger partial charge on any atom is 0.498 e. The molecule has 5 aromatic rings. The number of hydrogen-bond acceptors (Lipinski definition) is 3.